The number of carbonyl (C=O) groups is 1. The van der Waals surface area contributed by atoms with E-state index >= 15 is 0 Å². The molecule has 1 aromatic carbocycles. The molecule has 0 aliphatic carbocycles. The van der Waals surface area contributed by atoms with Crippen LogP contribution in [0.3, 0.4) is 0 Å². The SMILES string of the molecule is Cc1noc(C2CCCN(C(=O)NCc3ccccc3)C2)n1. The lowest BCUT2D eigenvalue weighted by atomic mass is 9.98. The summed E-state index contributed by atoms with van der Waals surface area (Å²) in [5.74, 6) is 1.41. The van der Waals surface area contributed by atoms with E-state index in [1.807, 2.05) is 35.2 Å². The van der Waals surface area contributed by atoms with Crippen LogP contribution in [0.5, 0.6) is 0 Å². The number of amides is 2. The van der Waals surface area contributed by atoms with Gasteiger partial charge in [0.15, 0.2) is 5.82 Å². The van der Waals surface area contributed by atoms with E-state index in [-0.39, 0.29) is 11.9 Å². The Balaban J connectivity index is 1.56. The van der Waals surface area contributed by atoms with Crippen LogP contribution in [0.1, 0.15) is 36.0 Å². The molecule has 1 fully saturated rings. The molecule has 22 heavy (non-hydrogen) atoms. The summed E-state index contributed by atoms with van der Waals surface area (Å²) in [6, 6.07) is 9.87. The summed E-state index contributed by atoms with van der Waals surface area (Å²) in [4.78, 5) is 18.4. The topological polar surface area (TPSA) is 71.3 Å². The number of benzene rings is 1. The summed E-state index contributed by atoms with van der Waals surface area (Å²) in [5, 5.41) is 6.80. The second-order valence-corrected chi connectivity index (χ2v) is 5.61. The highest BCUT2D eigenvalue weighted by atomic mass is 16.5. The Morgan fingerprint density at radius 1 is 1.41 bits per heavy atom. The van der Waals surface area contributed by atoms with Gasteiger partial charge >= 0.3 is 6.03 Å². The van der Waals surface area contributed by atoms with Crippen LogP contribution in [0, 0.1) is 6.92 Å². The average Bonchev–Trinajstić information content (AvgIpc) is 3.00. The van der Waals surface area contributed by atoms with Gasteiger partial charge in [-0.25, -0.2) is 4.79 Å². The lowest BCUT2D eigenvalue weighted by Gasteiger charge is -2.31. The Labute approximate surface area is 129 Å². The molecule has 1 aromatic heterocycles. The molecule has 1 N–H and O–H groups in total. The van der Waals surface area contributed by atoms with Crippen molar-refractivity contribution in [2.24, 2.45) is 0 Å². The van der Waals surface area contributed by atoms with Gasteiger partial charge in [0.2, 0.25) is 5.89 Å². The maximum Gasteiger partial charge on any atom is 0.317 e. The van der Waals surface area contributed by atoms with Gasteiger partial charge < -0.3 is 14.7 Å². The largest absolute Gasteiger partial charge is 0.339 e. The first-order valence-corrected chi connectivity index (χ1v) is 7.59. The van der Waals surface area contributed by atoms with Crippen molar-refractivity contribution in [3.05, 3.63) is 47.6 Å². The predicted molar refractivity (Wildman–Crippen MR) is 81.3 cm³/mol. The molecule has 1 aliphatic rings. The highest BCUT2D eigenvalue weighted by Crippen LogP contribution is 2.25. The zero-order chi connectivity index (χ0) is 15.4. The number of nitrogens with zero attached hydrogens (tertiary/aromatic N) is 3. The average molecular weight is 300 g/mol. The number of carbonyl (C=O) groups excluding carboxylic acids is 1. The number of likely N-dealkylation sites (tertiary alicyclic amines) is 1. The van der Waals surface area contributed by atoms with E-state index in [0.29, 0.717) is 24.8 Å². The minimum Gasteiger partial charge on any atom is -0.339 e. The van der Waals surface area contributed by atoms with Gasteiger partial charge in [-0.15, -0.1) is 0 Å². The molecule has 0 saturated carbocycles. The summed E-state index contributed by atoms with van der Waals surface area (Å²) in [6.45, 7) is 3.74. The normalized spacial score (nSPS) is 18.2. The molecule has 3 rings (SSSR count). The first-order chi connectivity index (χ1) is 10.7. The van der Waals surface area contributed by atoms with E-state index in [2.05, 4.69) is 15.5 Å². The third kappa shape index (κ3) is 3.44. The zero-order valence-electron chi connectivity index (χ0n) is 12.7. The standard InChI is InChI=1S/C16H20N4O2/c1-12-18-15(22-19-12)14-8-5-9-20(11-14)16(21)17-10-13-6-3-2-4-7-13/h2-4,6-7,14H,5,8-11H2,1H3,(H,17,21). The molecule has 2 heterocycles. The summed E-state index contributed by atoms with van der Waals surface area (Å²) in [6.07, 6.45) is 1.93. The zero-order valence-corrected chi connectivity index (χ0v) is 12.7. The van der Waals surface area contributed by atoms with Gasteiger partial charge in [-0.2, -0.15) is 4.98 Å². The minimum atomic E-state index is -0.0372. The van der Waals surface area contributed by atoms with Crippen molar-refractivity contribution in [3.8, 4) is 0 Å². The third-order valence-electron chi connectivity index (χ3n) is 3.89. The fraction of sp³-hybridized carbons (Fsp3) is 0.438. The van der Waals surface area contributed by atoms with Crippen LogP contribution in [-0.2, 0) is 6.54 Å². The Hall–Kier alpha value is -2.37. The molecule has 6 heteroatoms. The van der Waals surface area contributed by atoms with E-state index in [1.54, 1.807) is 6.92 Å². The first kappa shape index (κ1) is 14.6. The van der Waals surface area contributed by atoms with Crippen LogP contribution in [0.2, 0.25) is 0 Å². The summed E-state index contributed by atoms with van der Waals surface area (Å²) >= 11 is 0. The lowest BCUT2D eigenvalue weighted by molar-refractivity contribution is 0.171. The number of urea groups is 1. The number of aromatic nitrogens is 2. The van der Waals surface area contributed by atoms with Crippen molar-refractivity contribution in [1.82, 2.24) is 20.4 Å². The molecule has 6 nitrogen and oxygen atoms in total. The molecule has 1 aliphatic heterocycles. The fourth-order valence-corrected chi connectivity index (χ4v) is 2.73. The molecule has 1 saturated heterocycles. The van der Waals surface area contributed by atoms with Gasteiger partial charge in [-0.05, 0) is 25.3 Å². The molecule has 2 aromatic rings. The molecule has 2 amide bonds. The maximum atomic E-state index is 12.3. The maximum absolute atomic E-state index is 12.3. The highest BCUT2D eigenvalue weighted by Gasteiger charge is 2.28. The second kappa shape index (κ2) is 6.60. The van der Waals surface area contributed by atoms with Gasteiger partial charge in [0.25, 0.3) is 0 Å². The molecule has 0 bridgehead atoms. The molecule has 0 radical (unpaired) electrons. The Bertz CT molecular complexity index is 626. The van der Waals surface area contributed by atoms with Crippen LogP contribution >= 0.6 is 0 Å². The van der Waals surface area contributed by atoms with E-state index in [4.69, 9.17) is 4.52 Å². The highest BCUT2D eigenvalue weighted by molar-refractivity contribution is 5.74. The number of aryl methyl sites for hydroxylation is 1. The van der Waals surface area contributed by atoms with Crippen molar-refractivity contribution >= 4 is 6.03 Å². The summed E-state index contributed by atoms with van der Waals surface area (Å²) in [5.41, 5.74) is 1.09. The van der Waals surface area contributed by atoms with Gasteiger partial charge in [0.1, 0.15) is 0 Å². The summed E-state index contributed by atoms with van der Waals surface area (Å²) in [7, 11) is 0. The molecular formula is C16H20N4O2. The molecular weight excluding hydrogens is 280 g/mol. The van der Waals surface area contributed by atoms with E-state index in [9.17, 15) is 4.79 Å². The molecule has 1 atom stereocenters. The number of piperidine rings is 1. The fourth-order valence-electron chi connectivity index (χ4n) is 2.73. The number of hydrogen-bond acceptors (Lipinski definition) is 4. The van der Waals surface area contributed by atoms with Gasteiger partial charge in [-0.3, -0.25) is 0 Å². The van der Waals surface area contributed by atoms with Crippen molar-refractivity contribution in [2.45, 2.75) is 32.2 Å². The molecule has 116 valence electrons. The van der Waals surface area contributed by atoms with Gasteiger partial charge in [0, 0.05) is 19.6 Å². The van der Waals surface area contributed by atoms with Crippen LogP contribution < -0.4 is 5.32 Å². The van der Waals surface area contributed by atoms with Crippen LogP contribution in [0.25, 0.3) is 0 Å². The Morgan fingerprint density at radius 3 is 2.95 bits per heavy atom. The summed E-state index contributed by atoms with van der Waals surface area (Å²) < 4.78 is 5.24. The van der Waals surface area contributed by atoms with Crippen molar-refractivity contribution < 1.29 is 9.32 Å². The Kier molecular flexibility index (Phi) is 4.37. The van der Waals surface area contributed by atoms with Crippen LogP contribution in [0.4, 0.5) is 4.79 Å². The number of rotatable bonds is 3. The van der Waals surface area contributed by atoms with Gasteiger partial charge in [-0.1, -0.05) is 35.5 Å². The molecule has 0 spiro atoms. The quantitative estimate of drug-likeness (QED) is 0.945. The number of nitrogens with one attached hydrogen (secondary N) is 1. The van der Waals surface area contributed by atoms with Crippen molar-refractivity contribution in [3.63, 3.8) is 0 Å². The van der Waals surface area contributed by atoms with E-state index in [1.165, 1.54) is 0 Å². The Morgan fingerprint density at radius 2 is 2.23 bits per heavy atom. The van der Waals surface area contributed by atoms with Crippen molar-refractivity contribution in [1.29, 1.82) is 0 Å². The first-order valence-electron chi connectivity index (χ1n) is 7.59. The van der Waals surface area contributed by atoms with Crippen LogP contribution in [0.15, 0.2) is 34.9 Å². The van der Waals surface area contributed by atoms with E-state index in [0.717, 1.165) is 24.9 Å². The van der Waals surface area contributed by atoms with Crippen molar-refractivity contribution in [2.75, 3.05) is 13.1 Å². The van der Waals surface area contributed by atoms with Crippen LogP contribution in [-0.4, -0.2) is 34.2 Å². The minimum absolute atomic E-state index is 0.0372. The number of hydrogen-bond donors (Lipinski definition) is 1. The third-order valence-corrected chi connectivity index (χ3v) is 3.89. The van der Waals surface area contributed by atoms with E-state index < -0.39 is 0 Å². The smallest absolute Gasteiger partial charge is 0.317 e. The molecule has 1 unspecified atom stereocenters. The second-order valence-electron chi connectivity index (χ2n) is 5.61. The van der Waals surface area contributed by atoms with Gasteiger partial charge in [0.05, 0.1) is 5.92 Å². The predicted octanol–water partition coefficient (Wildman–Crippen LogP) is 2.47. The monoisotopic (exact) mass is 300 g/mol. The lowest BCUT2D eigenvalue weighted by Crippen LogP contribution is -2.44.